The molecule has 1 N–H and O–H groups in total. The molecule has 0 saturated carbocycles. The molecule has 26 heavy (non-hydrogen) atoms. The van der Waals surface area contributed by atoms with Crippen LogP contribution in [0.5, 0.6) is 5.75 Å². The van der Waals surface area contributed by atoms with E-state index in [4.69, 9.17) is 0 Å². The Morgan fingerprint density at radius 1 is 1.12 bits per heavy atom. The molecule has 0 spiro atoms. The van der Waals surface area contributed by atoms with E-state index in [9.17, 15) is 9.67 Å². The van der Waals surface area contributed by atoms with Gasteiger partial charge in [-0.3, -0.25) is 4.57 Å². The van der Waals surface area contributed by atoms with Crippen molar-refractivity contribution in [1.82, 2.24) is 4.67 Å². The Morgan fingerprint density at radius 2 is 1.85 bits per heavy atom. The van der Waals surface area contributed by atoms with E-state index in [-0.39, 0.29) is 11.2 Å². The Hall–Kier alpha value is -1.77. The van der Waals surface area contributed by atoms with Crippen molar-refractivity contribution in [3.05, 3.63) is 54.1 Å². The van der Waals surface area contributed by atoms with Crippen molar-refractivity contribution in [2.45, 2.75) is 45.1 Å². The summed E-state index contributed by atoms with van der Waals surface area (Å²) in [4.78, 5) is 0. The SMILES string of the molecule is CC(C)(C)c1ccc([P@@]2(=O)N(c3ccccc3)C[C@@H]3CCCN32)c(O)c1. The number of nitrogens with zero attached hydrogens (tertiary/aromatic N) is 2. The molecule has 2 fully saturated rings. The monoisotopic (exact) mass is 370 g/mol. The van der Waals surface area contributed by atoms with Crippen LogP contribution in [0, 0.1) is 0 Å². The molecule has 4 nitrogen and oxygen atoms in total. The summed E-state index contributed by atoms with van der Waals surface area (Å²) < 4.78 is 18.6. The third-order valence-corrected chi connectivity index (χ3v) is 8.89. The van der Waals surface area contributed by atoms with Crippen LogP contribution in [0.4, 0.5) is 5.69 Å². The van der Waals surface area contributed by atoms with Gasteiger partial charge in [0.25, 0.3) is 7.44 Å². The summed E-state index contributed by atoms with van der Waals surface area (Å²) in [6.07, 6.45) is 2.13. The van der Waals surface area contributed by atoms with Crippen LogP contribution < -0.4 is 9.97 Å². The standard InChI is InChI=1S/C21H27N2O2P/c1-21(2,3)16-11-12-20(19(24)14-16)26(25)22-13-7-10-18(22)15-23(26)17-8-5-4-6-9-17/h4-6,8-9,11-12,14,18,24H,7,10,13,15H2,1-3H3/t18-,26-/m0/s1. The van der Waals surface area contributed by atoms with Crippen LogP contribution in [0.1, 0.15) is 39.2 Å². The first-order chi connectivity index (χ1) is 12.3. The van der Waals surface area contributed by atoms with E-state index in [0.717, 1.165) is 37.2 Å². The van der Waals surface area contributed by atoms with E-state index in [1.54, 1.807) is 6.07 Å². The number of anilines is 1. The molecule has 0 amide bonds. The molecular weight excluding hydrogens is 343 g/mol. The molecule has 0 aliphatic carbocycles. The molecule has 2 aromatic carbocycles. The van der Waals surface area contributed by atoms with E-state index < -0.39 is 7.44 Å². The number of fused-ring (bicyclic) bond motifs is 1. The van der Waals surface area contributed by atoms with Gasteiger partial charge in [-0.2, -0.15) is 0 Å². The molecule has 2 saturated heterocycles. The number of para-hydroxylation sites is 1. The van der Waals surface area contributed by atoms with Gasteiger partial charge in [0.15, 0.2) is 0 Å². The minimum atomic E-state index is -3.05. The topological polar surface area (TPSA) is 43.8 Å². The maximum absolute atomic E-state index is 14.4. The van der Waals surface area contributed by atoms with Gasteiger partial charge in [0.05, 0.1) is 5.30 Å². The molecular formula is C21H27N2O2P. The van der Waals surface area contributed by atoms with Gasteiger partial charge in [-0.05, 0) is 48.1 Å². The molecule has 138 valence electrons. The predicted molar refractivity (Wildman–Crippen MR) is 108 cm³/mol. The summed E-state index contributed by atoms with van der Waals surface area (Å²) in [6.45, 7) is 7.93. The van der Waals surface area contributed by atoms with E-state index in [0.29, 0.717) is 11.3 Å². The highest BCUT2D eigenvalue weighted by atomic mass is 31.2. The summed E-state index contributed by atoms with van der Waals surface area (Å²) >= 11 is 0. The number of phenols is 1. The summed E-state index contributed by atoms with van der Waals surface area (Å²) in [5.74, 6) is 0.147. The summed E-state index contributed by atoms with van der Waals surface area (Å²) in [5.41, 5.74) is 1.95. The quantitative estimate of drug-likeness (QED) is 0.791. The summed E-state index contributed by atoms with van der Waals surface area (Å²) in [6, 6.07) is 15.9. The average molecular weight is 370 g/mol. The van der Waals surface area contributed by atoms with Crippen LogP contribution in [-0.2, 0) is 9.98 Å². The Bertz CT molecular complexity index is 860. The lowest BCUT2D eigenvalue weighted by Crippen LogP contribution is -2.28. The van der Waals surface area contributed by atoms with Gasteiger partial charge in [0, 0.05) is 24.8 Å². The Kier molecular flexibility index (Phi) is 4.17. The van der Waals surface area contributed by atoms with Crippen LogP contribution >= 0.6 is 7.44 Å². The van der Waals surface area contributed by atoms with E-state index in [2.05, 4.69) is 25.4 Å². The molecule has 5 heteroatoms. The van der Waals surface area contributed by atoms with Crippen molar-refractivity contribution in [3.8, 4) is 5.75 Å². The van der Waals surface area contributed by atoms with Crippen molar-refractivity contribution in [2.24, 2.45) is 0 Å². The highest BCUT2D eigenvalue weighted by Crippen LogP contribution is 2.63. The molecule has 0 radical (unpaired) electrons. The minimum absolute atomic E-state index is 0.0600. The fourth-order valence-corrected chi connectivity index (χ4v) is 7.52. The maximum Gasteiger partial charge on any atom is 0.273 e. The number of phenolic OH excluding ortho intramolecular Hbond substituents is 1. The molecule has 2 aliphatic heterocycles. The summed E-state index contributed by atoms with van der Waals surface area (Å²) in [7, 11) is -3.05. The zero-order valence-corrected chi connectivity index (χ0v) is 16.6. The molecule has 0 bridgehead atoms. The highest BCUT2D eigenvalue weighted by molar-refractivity contribution is 7.71. The fourth-order valence-electron chi connectivity index (χ4n) is 4.18. The minimum Gasteiger partial charge on any atom is -0.507 e. The lowest BCUT2D eigenvalue weighted by molar-refractivity contribution is 0.433. The second-order valence-electron chi connectivity index (χ2n) is 8.37. The molecule has 4 rings (SSSR count). The molecule has 2 aliphatic rings. The maximum atomic E-state index is 14.4. The largest absolute Gasteiger partial charge is 0.507 e. The number of benzene rings is 2. The van der Waals surface area contributed by atoms with Gasteiger partial charge >= 0.3 is 0 Å². The molecule has 2 heterocycles. The summed E-state index contributed by atoms with van der Waals surface area (Å²) in [5, 5.41) is 11.4. The molecule has 0 unspecified atom stereocenters. The van der Waals surface area contributed by atoms with Crippen molar-refractivity contribution in [1.29, 1.82) is 0 Å². The second kappa shape index (κ2) is 6.14. The second-order valence-corrected chi connectivity index (χ2v) is 10.9. The molecule has 0 aromatic heterocycles. The number of aromatic hydroxyl groups is 1. The van der Waals surface area contributed by atoms with Crippen molar-refractivity contribution in [3.63, 3.8) is 0 Å². The van der Waals surface area contributed by atoms with Crippen molar-refractivity contribution >= 4 is 18.4 Å². The van der Waals surface area contributed by atoms with Gasteiger partial charge in [0.1, 0.15) is 5.75 Å². The number of hydrogen-bond acceptors (Lipinski definition) is 2. The Morgan fingerprint density at radius 3 is 2.50 bits per heavy atom. The number of rotatable bonds is 2. The third kappa shape index (κ3) is 2.67. The van der Waals surface area contributed by atoms with Crippen molar-refractivity contribution < 1.29 is 9.67 Å². The van der Waals surface area contributed by atoms with Crippen LogP contribution in [0.25, 0.3) is 0 Å². The van der Waals surface area contributed by atoms with Gasteiger partial charge in [-0.25, -0.2) is 4.67 Å². The van der Waals surface area contributed by atoms with E-state index in [1.165, 1.54) is 0 Å². The zero-order valence-electron chi connectivity index (χ0n) is 15.7. The highest BCUT2D eigenvalue weighted by Gasteiger charge is 2.52. The van der Waals surface area contributed by atoms with Gasteiger partial charge < -0.3 is 9.78 Å². The van der Waals surface area contributed by atoms with Crippen LogP contribution in [0.3, 0.4) is 0 Å². The number of hydrogen-bond donors (Lipinski definition) is 1. The first-order valence-corrected chi connectivity index (χ1v) is 11.0. The molecule has 2 aromatic rings. The third-order valence-electron chi connectivity index (χ3n) is 5.61. The van der Waals surface area contributed by atoms with Gasteiger partial charge in [-0.15, -0.1) is 0 Å². The smallest absolute Gasteiger partial charge is 0.273 e. The van der Waals surface area contributed by atoms with Crippen LogP contribution in [0.15, 0.2) is 48.5 Å². The lowest BCUT2D eigenvalue weighted by atomic mass is 9.87. The zero-order chi connectivity index (χ0) is 18.5. The predicted octanol–water partition coefficient (Wildman–Crippen LogP) is 4.49. The fraction of sp³-hybridized carbons (Fsp3) is 0.429. The normalized spacial score (nSPS) is 26.3. The Labute approximate surface area is 155 Å². The van der Waals surface area contributed by atoms with Gasteiger partial charge in [-0.1, -0.05) is 45.0 Å². The average Bonchev–Trinajstić information content (AvgIpc) is 3.17. The van der Waals surface area contributed by atoms with Crippen molar-refractivity contribution in [2.75, 3.05) is 17.8 Å². The first-order valence-electron chi connectivity index (χ1n) is 9.36. The van der Waals surface area contributed by atoms with Crippen LogP contribution in [0.2, 0.25) is 0 Å². The lowest BCUT2D eigenvalue weighted by Gasteiger charge is -2.32. The Balaban J connectivity index is 1.84. The van der Waals surface area contributed by atoms with Crippen LogP contribution in [-0.4, -0.2) is 28.9 Å². The first kappa shape index (κ1) is 17.6. The van der Waals surface area contributed by atoms with E-state index in [1.807, 2.05) is 47.1 Å². The van der Waals surface area contributed by atoms with E-state index >= 15 is 0 Å². The molecule has 2 atom stereocenters. The van der Waals surface area contributed by atoms with Gasteiger partial charge in [0.2, 0.25) is 0 Å².